The van der Waals surface area contributed by atoms with Crippen molar-refractivity contribution in [3.05, 3.63) is 155 Å². The zero-order chi connectivity index (χ0) is 25.9. The lowest BCUT2D eigenvalue weighted by Gasteiger charge is -2.25. The minimum atomic E-state index is -0.251. The number of benzene rings is 4. The highest BCUT2D eigenvalue weighted by Crippen LogP contribution is 2.35. The minimum Gasteiger partial charge on any atom is -0.485 e. The van der Waals surface area contributed by atoms with Crippen molar-refractivity contribution >= 4 is 27.9 Å². The van der Waals surface area contributed by atoms with Gasteiger partial charge in [0.15, 0.2) is 0 Å². The number of allylic oxidation sites excluding steroid dienone is 3. The van der Waals surface area contributed by atoms with E-state index in [0.29, 0.717) is 17.8 Å². The summed E-state index contributed by atoms with van der Waals surface area (Å²) in [6.45, 7) is 7.40. The average Bonchev–Trinajstić information content (AvgIpc) is 3.32. The van der Waals surface area contributed by atoms with Crippen molar-refractivity contribution in [2.45, 2.75) is 12.5 Å². The number of rotatable bonds is 4. The Bertz CT molecular complexity index is 1760. The zero-order valence-corrected chi connectivity index (χ0v) is 20.6. The summed E-state index contributed by atoms with van der Waals surface area (Å²) in [5.41, 5.74) is 6.30. The topological polar surface area (TPSA) is 42.3 Å². The van der Waals surface area contributed by atoms with Crippen LogP contribution in [0.15, 0.2) is 132 Å². The van der Waals surface area contributed by atoms with E-state index >= 15 is 0 Å². The molecule has 4 aromatic carbocycles. The third-order valence-electron chi connectivity index (χ3n) is 6.86. The number of nitrogens with zero attached hydrogens (tertiary/aromatic N) is 3. The molecule has 1 atom stereocenters. The van der Waals surface area contributed by atoms with Gasteiger partial charge in [0, 0.05) is 22.9 Å². The first-order valence-electron chi connectivity index (χ1n) is 12.5. The highest BCUT2D eigenvalue weighted by Gasteiger charge is 2.22. The molecule has 5 aromatic rings. The lowest BCUT2D eigenvalue weighted by molar-refractivity contribution is 0.118. The molecule has 0 saturated carbocycles. The van der Waals surface area contributed by atoms with Gasteiger partial charge in [0.25, 0.3) is 5.70 Å². The van der Waals surface area contributed by atoms with E-state index < -0.39 is 0 Å². The van der Waals surface area contributed by atoms with Crippen LogP contribution in [0.25, 0.3) is 38.4 Å². The van der Waals surface area contributed by atoms with E-state index in [1.807, 2.05) is 48.6 Å². The van der Waals surface area contributed by atoms with Gasteiger partial charge in [0.05, 0.1) is 23.7 Å². The summed E-state index contributed by atoms with van der Waals surface area (Å²) < 4.78 is 8.56. The molecule has 0 aliphatic carbocycles. The summed E-state index contributed by atoms with van der Waals surface area (Å²) in [5, 5.41) is 11.9. The van der Waals surface area contributed by atoms with E-state index in [-0.39, 0.29) is 11.8 Å². The number of hydrogen-bond acceptors (Lipinski definition) is 2. The van der Waals surface area contributed by atoms with Crippen molar-refractivity contribution in [1.82, 2.24) is 4.57 Å². The van der Waals surface area contributed by atoms with Crippen molar-refractivity contribution in [3.63, 3.8) is 0 Å². The van der Waals surface area contributed by atoms with Crippen LogP contribution in [0.3, 0.4) is 0 Å². The quantitative estimate of drug-likeness (QED) is 0.187. The molecule has 0 bridgehead atoms. The van der Waals surface area contributed by atoms with Gasteiger partial charge in [-0.1, -0.05) is 84.9 Å². The first kappa shape index (κ1) is 23.1. The van der Waals surface area contributed by atoms with E-state index in [9.17, 15) is 5.26 Å². The molecule has 2 heterocycles. The first-order chi connectivity index (χ1) is 18.7. The number of aromatic nitrogens is 1. The SMILES string of the molecule is [C-]#[N+]/C(C#N)=C1C=C(/C=C/c2ccc(-n3c4ccccc4c4ccccc43)cc2)OC(c2ccccc2)C\1. The van der Waals surface area contributed by atoms with Crippen molar-refractivity contribution in [3.8, 4) is 11.8 Å². The second-order valence-electron chi connectivity index (χ2n) is 9.16. The summed E-state index contributed by atoms with van der Waals surface area (Å²) in [7, 11) is 0. The van der Waals surface area contributed by atoms with E-state index in [2.05, 4.69) is 82.2 Å². The van der Waals surface area contributed by atoms with Crippen LogP contribution >= 0.6 is 0 Å². The molecule has 0 radical (unpaired) electrons. The molecule has 0 amide bonds. The van der Waals surface area contributed by atoms with Crippen LogP contribution in [0.4, 0.5) is 0 Å². The Morgan fingerprint density at radius 1 is 0.842 bits per heavy atom. The van der Waals surface area contributed by atoms with Gasteiger partial charge in [0.2, 0.25) is 0 Å². The molecule has 1 aliphatic rings. The van der Waals surface area contributed by atoms with Crippen LogP contribution < -0.4 is 0 Å². The Balaban J connectivity index is 1.32. The van der Waals surface area contributed by atoms with Crippen LogP contribution in [0.1, 0.15) is 23.7 Å². The zero-order valence-electron chi connectivity index (χ0n) is 20.6. The van der Waals surface area contributed by atoms with Crippen molar-refractivity contribution < 1.29 is 4.74 Å². The maximum Gasteiger partial charge on any atom is 0.265 e. The number of hydrogen-bond donors (Lipinski definition) is 0. The second kappa shape index (κ2) is 9.97. The summed E-state index contributed by atoms with van der Waals surface area (Å²) >= 11 is 0. The fraction of sp³-hybridized carbons (Fsp3) is 0.0588. The molecular formula is C34H23N3O. The monoisotopic (exact) mass is 489 g/mol. The van der Waals surface area contributed by atoms with Gasteiger partial charge in [-0.05, 0) is 53.1 Å². The molecule has 1 aliphatic heterocycles. The molecule has 0 N–H and O–H groups in total. The number of ether oxygens (including phenoxy) is 1. The summed E-state index contributed by atoms with van der Waals surface area (Å²) in [4.78, 5) is 3.43. The fourth-order valence-corrected chi connectivity index (χ4v) is 5.06. The smallest absolute Gasteiger partial charge is 0.265 e. The Labute approximate surface area is 221 Å². The van der Waals surface area contributed by atoms with Gasteiger partial charge >= 0.3 is 0 Å². The second-order valence-corrected chi connectivity index (χ2v) is 9.16. The summed E-state index contributed by atoms with van der Waals surface area (Å²) in [5.74, 6) is 0.628. The van der Waals surface area contributed by atoms with Crippen molar-refractivity contribution in [2.75, 3.05) is 0 Å². The Morgan fingerprint density at radius 2 is 1.47 bits per heavy atom. The molecular weight excluding hydrogens is 466 g/mol. The summed E-state index contributed by atoms with van der Waals surface area (Å²) in [6, 6.07) is 37.3. The van der Waals surface area contributed by atoms with Crippen LogP contribution in [-0.4, -0.2) is 4.57 Å². The summed E-state index contributed by atoms with van der Waals surface area (Å²) in [6.07, 6.45) is 5.94. The van der Waals surface area contributed by atoms with Gasteiger partial charge in [0.1, 0.15) is 11.9 Å². The number of para-hydroxylation sites is 2. The standard InChI is InChI=1S/C34H23N3O/c1-36-31(23-35)26-21-28(38-34(22-26)25-9-3-2-4-10-25)20-17-24-15-18-27(19-16-24)37-32-13-7-5-11-29(32)30-12-6-8-14-33(30)37/h2-21,34H,22H2/b20-17+,31-26+. The van der Waals surface area contributed by atoms with E-state index in [4.69, 9.17) is 11.3 Å². The van der Waals surface area contributed by atoms with Gasteiger partial charge in [-0.25, -0.2) is 10.1 Å². The molecule has 0 spiro atoms. The molecule has 0 fully saturated rings. The number of fused-ring (bicyclic) bond motifs is 3. The van der Waals surface area contributed by atoms with Gasteiger partial charge in [-0.15, -0.1) is 0 Å². The Kier molecular flexibility index (Phi) is 6.06. The molecule has 38 heavy (non-hydrogen) atoms. The van der Waals surface area contributed by atoms with Crippen LogP contribution in [0, 0.1) is 17.9 Å². The van der Waals surface area contributed by atoms with Crippen molar-refractivity contribution in [2.24, 2.45) is 0 Å². The van der Waals surface area contributed by atoms with Crippen molar-refractivity contribution in [1.29, 1.82) is 5.26 Å². The highest BCUT2D eigenvalue weighted by atomic mass is 16.5. The average molecular weight is 490 g/mol. The van der Waals surface area contributed by atoms with E-state index in [1.54, 1.807) is 6.08 Å². The lowest BCUT2D eigenvalue weighted by atomic mass is 9.97. The Hall–Kier alpha value is -5.32. The maximum absolute atomic E-state index is 9.45. The third-order valence-corrected chi connectivity index (χ3v) is 6.86. The Morgan fingerprint density at radius 3 is 2.11 bits per heavy atom. The highest BCUT2D eigenvalue weighted by molar-refractivity contribution is 6.09. The number of nitriles is 1. The molecule has 1 aromatic heterocycles. The molecule has 1 unspecified atom stereocenters. The van der Waals surface area contributed by atoms with Gasteiger partial charge in [-0.2, -0.15) is 0 Å². The maximum atomic E-state index is 9.45. The normalized spacial score (nSPS) is 16.6. The predicted molar refractivity (Wildman–Crippen MR) is 152 cm³/mol. The third kappa shape index (κ3) is 4.26. The molecule has 4 heteroatoms. The van der Waals surface area contributed by atoms with E-state index in [0.717, 1.165) is 16.8 Å². The molecule has 4 nitrogen and oxygen atoms in total. The molecule has 0 saturated heterocycles. The van der Waals surface area contributed by atoms with Gasteiger partial charge < -0.3 is 9.30 Å². The van der Waals surface area contributed by atoms with Crippen LogP contribution in [0.5, 0.6) is 0 Å². The molecule has 180 valence electrons. The predicted octanol–water partition coefficient (Wildman–Crippen LogP) is 8.54. The van der Waals surface area contributed by atoms with Crippen LogP contribution in [-0.2, 0) is 4.74 Å². The largest absolute Gasteiger partial charge is 0.485 e. The minimum absolute atomic E-state index is 0.107. The first-order valence-corrected chi connectivity index (χ1v) is 12.5. The van der Waals surface area contributed by atoms with Gasteiger partial charge in [-0.3, -0.25) is 0 Å². The fourth-order valence-electron chi connectivity index (χ4n) is 5.06. The van der Waals surface area contributed by atoms with E-state index in [1.165, 1.54) is 21.8 Å². The van der Waals surface area contributed by atoms with Crippen LogP contribution in [0.2, 0.25) is 0 Å². The molecule has 6 rings (SSSR count). The lowest BCUT2D eigenvalue weighted by Crippen LogP contribution is -2.10.